The van der Waals surface area contributed by atoms with Gasteiger partial charge in [0.15, 0.2) is 0 Å². The standard InChI is InChI=1S/C7H8Br2Si/c1-6-2-4-7(5-3-6)10(8)9/h2-5,10H,1H3. The fourth-order valence-corrected chi connectivity index (χ4v) is 3.03. The highest BCUT2D eigenvalue weighted by Crippen LogP contribution is 2.03. The molecule has 0 saturated heterocycles. The molecule has 0 radical (unpaired) electrons. The third-order valence-corrected chi connectivity index (χ3v) is 5.39. The molecule has 1 aromatic carbocycles. The van der Waals surface area contributed by atoms with E-state index in [0.717, 1.165) is 0 Å². The zero-order chi connectivity index (χ0) is 7.56. The lowest BCUT2D eigenvalue weighted by Gasteiger charge is -1.99. The SMILES string of the molecule is Cc1ccc([SiH](Br)Br)cc1. The molecule has 0 atom stereocenters. The Bertz CT molecular complexity index is 205. The van der Waals surface area contributed by atoms with Gasteiger partial charge in [-0.1, -0.05) is 29.8 Å². The van der Waals surface area contributed by atoms with Crippen LogP contribution in [0.1, 0.15) is 5.56 Å². The van der Waals surface area contributed by atoms with Gasteiger partial charge in [-0.25, -0.2) is 0 Å². The molecule has 10 heavy (non-hydrogen) atoms. The van der Waals surface area contributed by atoms with Crippen LogP contribution in [0.3, 0.4) is 0 Å². The average molecular weight is 280 g/mol. The average Bonchev–Trinajstić information content (AvgIpc) is 1.88. The third-order valence-electron chi connectivity index (χ3n) is 1.33. The first kappa shape index (κ1) is 8.49. The van der Waals surface area contributed by atoms with Crippen molar-refractivity contribution in [3.63, 3.8) is 0 Å². The molecular weight excluding hydrogens is 272 g/mol. The first-order valence-electron chi connectivity index (χ1n) is 3.05. The smallest absolute Gasteiger partial charge is 0.109 e. The van der Waals surface area contributed by atoms with E-state index >= 15 is 0 Å². The number of hydrogen-bond acceptors (Lipinski definition) is 0. The molecule has 0 spiro atoms. The van der Waals surface area contributed by atoms with Crippen LogP contribution in [0.4, 0.5) is 0 Å². The van der Waals surface area contributed by atoms with Crippen molar-refractivity contribution in [2.75, 3.05) is 0 Å². The summed E-state index contributed by atoms with van der Waals surface area (Å²) in [5.41, 5.74) is 1.32. The minimum absolute atomic E-state index is 0.924. The molecule has 0 amide bonds. The molecule has 0 aliphatic rings. The summed E-state index contributed by atoms with van der Waals surface area (Å²) < 4.78 is 0. The van der Waals surface area contributed by atoms with Gasteiger partial charge in [0.05, 0.1) is 0 Å². The molecule has 0 fully saturated rings. The fourth-order valence-electron chi connectivity index (χ4n) is 0.712. The van der Waals surface area contributed by atoms with Crippen molar-refractivity contribution in [1.82, 2.24) is 0 Å². The van der Waals surface area contributed by atoms with Crippen molar-refractivity contribution in [2.45, 2.75) is 6.92 Å². The molecule has 1 rings (SSSR count). The van der Waals surface area contributed by atoms with Crippen LogP contribution in [-0.2, 0) is 0 Å². The molecule has 0 aliphatic carbocycles. The Hall–Kier alpha value is 0.397. The highest BCUT2D eigenvalue weighted by atomic mass is 79.9. The second-order valence-electron chi connectivity index (χ2n) is 2.21. The first-order valence-corrected chi connectivity index (χ1v) is 9.99. The van der Waals surface area contributed by atoms with E-state index in [1.54, 1.807) is 0 Å². The summed E-state index contributed by atoms with van der Waals surface area (Å²) >= 11 is 7.13. The van der Waals surface area contributed by atoms with Crippen LogP contribution in [-0.4, -0.2) is 6.04 Å². The van der Waals surface area contributed by atoms with E-state index in [4.69, 9.17) is 0 Å². The molecule has 0 saturated carbocycles. The van der Waals surface area contributed by atoms with Crippen LogP contribution in [0.5, 0.6) is 0 Å². The number of hydrogen-bond donors (Lipinski definition) is 0. The number of halogens is 2. The summed E-state index contributed by atoms with van der Waals surface area (Å²) in [5.74, 6) is 0. The van der Waals surface area contributed by atoms with Gasteiger partial charge in [0.25, 0.3) is 0 Å². The van der Waals surface area contributed by atoms with Crippen LogP contribution in [0.25, 0.3) is 0 Å². The zero-order valence-corrected chi connectivity index (χ0v) is 9.97. The highest BCUT2D eigenvalue weighted by Gasteiger charge is 2.01. The third kappa shape index (κ3) is 2.22. The van der Waals surface area contributed by atoms with Crippen LogP contribution >= 0.6 is 30.6 Å². The Morgan fingerprint density at radius 1 is 1.10 bits per heavy atom. The van der Waals surface area contributed by atoms with E-state index in [1.807, 2.05) is 0 Å². The maximum absolute atomic E-state index is 3.56. The molecular formula is C7H8Br2Si. The summed E-state index contributed by atoms with van der Waals surface area (Å²) in [7, 11) is 0. The van der Waals surface area contributed by atoms with Gasteiger partial charge >= 0.3 is 0 Å². The van der Waals surface area contributed by atoms with E-state index in [-0.39, 0.29) is 0 Å². The van der Waals surface area contributed by atoms with E-state index in [0.29, 0.717) is 0 Å². The second-order valence-corrected chi connectivity index (χ2v) is 12.7. The summed E-state index contributed by atoms with van der Waals surface area (Å²) in [5, 5.41) is 1.39. The lowest BCUT2D eigenvalue weighted by molar-refractivity contribution is 1.49. The molecule has 1 aromatic rings. The monoisotopic (exact) mass is 278 g/mol. The number of rotatable bonds is 1. The normalized spacial score (nSPS) is 10.4. The van der Waals surface area contributed by atoms with Gasteiger partial charge in [0.1, 0.15) is 0 Å². The predicted octanol–water partition coefficient (Wildman–Crippen LogP) is 2.21. The Balaban J connectivity index is 2.89. The van der Waals surface area contributed by atoms with E-state index < -0.39 is 6.04 Å². The molecule has 0 heterocycles. The second kappa shape index (κ2) is 3.69. The quantitative estimate of drug-likeness (QED) is 0.546. The van der Waals surface area contributed by atoms with Crippen LogP contribution < -0.4 is 5.19 Å². The van der Waals surface area contributed by atoms with Gasteiger partial charge < -0.3 is 0 Å². The van der Waals surface area contributed by atoms with Gasteiger partial charge in [-0.3, -0.25) is 0 Å². The van der Waals surface area contributed by atoms with E-state index in [2.05, 4.69) is 61.8 Å². The van der Waals surface area contributed by atoms with Crippen molar-refractivity contribution < 1.29 is 0 Å². The topological polar surface area (TPSA) is 0 Å². The molecule has 0 aromatic heterocycles. The molecule has 54 valence electrons. The maximum atomic E-state index is 3.56. The van der Waals surface area contributed by atoms with Crippen LogP contribution in [0.15, 0.2) is 24.3 Å². The molecule has 0 N–H and O–H groups in total. The largest absolute Gasteiger partial charge is 0.216 e. The summed E-state index contributed by atoms with van der Waals surface area (Å²) in [6.45, 7) is 2.10. The Labute approximate surface area is 78.4 Å². The first-order chi connectivity index (χ1) is 4.70. The van der Waals surface area contributed by atoms with Crippen molar-refractivity contribution in [1.29, 1.82) is 0 Å². The van der Waals surface area contributed by atoms with Gasteiger partial charge in [-0.2, -0.15) is 0 Å². The van der Waals surface area contributed by atoms with Crippen LogP contribution in [0.2, 0.25) is 0 Å². The van der Waals surface area contributed by atoms with Crippen molar-refractivity contribution >= 4 is 41.8 Å². The number of aryl methyl sites for hydroxylation is 1. The Morgan fingerprint density at radius 2 is 1.60 bits per heavy atom. The molecule has 0 aliphatic heterocycles. The van der Waals surface area contributed by atoms with E-state index in [9.17, 15) is 0 Å². The minimum atomic E-state index is -0.924. The van der Waals surface area contributed by atoms with Crippen molar-refractivity contribution in [3.05, 3.63) is 29.8 Å². The van der Waals surface area contributed by atoms with Crippen LogP contribution in [0, 0.1) is 6.92 Å². The molecule has 0 nitrogen and oxygen atoms in total. The molecule has 3 heteroatoms. The fraction of sp³-hybridized carbons (Fsp3) is 0.143. The van der Waals surface area contributed by atoms with Gasteiger partial charge in [-0.05, 0) is 12.1 Å². The highest BCUT2D eigenvalue weighted by molar-refractivity contribution is 9.49. The summed E-state index contributed by atoms with van der Waals surface area (Å²) in [6, 6.07) is 7.67. The van der Waals surface area contributed by atoms with Gasteiger partial charge in [0.2, 0.25) is 6.04 Å². The Morgan fingerprint density at radius 3 is 2.00 bits per heavy atom. The van der Waals surface area contributed by atoms with E-state index in [1.165, 1.54) is 10.8 Å². The number of benzene rings is 1. The van der Waals surface area contributed by atoms with Crippen molar-refractivity contribution in [3.8, 4) is 0 Å². The lowest BCUT2D eigenvalue weighted by atomic mass is 10.2. The molecule has 0 bridgehead atoms. The minimum Gasteiger partial charge on any atom is -0.109 e. The molecule has 0 unspecified atom stereocenters. The lowest BCUT2D eigenvalue weighted by Crippen LogP contribution is -2.15. The van der Waals surface area contributed by atoms with Gasteiger partial charge in [0, 0.05) is 0 Å². The summed E-state index contributed by atoms with van der Waals surface area (Å²) in [4.78, 5) is 0. The van der Waals surface area contributed by atoms with Crippen molar-refractivity contribution in [2.24, 2.45) is 0 Å². The van der Waals surface area contributed by atoms with Gasteiger partial charge in [-0.15, -0.1) is 30.6 Å². The predicted molar refractivity (Wildman–Crippen MR) is 55.8 cm³/mol. The zero-order valence-electron chi connectivity index (χ0n) is 5.64. The Kier molecular flexibility index (Phi) is 3.14. The summed E-state index contributed by atoms with van der Waals surface area (Å²) in [6.07, 6.45) is 0. The maximum Gasteiger partial charge on any atom is 0.216 e.